The summed E-state index contributed by atoms with van der Waals surface area (Å²) in [5.41, 5.74) is 0.915. The van der Waals surface area contributed by atoms with E-state index in [1.807, 2.05) is 24.3 Å². The molecule has 6 heteroatoms. The fourth-order valence-corrected chi connectivity index (χ4v) is 3.04. The molecule has 22 heavy (non-hydrogen) atoms. The van der Waals surface area contributed by atoms with E-state index in [0.717, 1.165) is 10.4 Å². The van der Waals surface area contributed by atoms with Gasteiger partial charge in [0, 0.05) is 11.3 Å². The van der Waals surface area contributed by atoms with Gasteiger partial charge in [-0.25, -0.2) is 0 Å². The Hall–Kier alpha value is -1.72. The van der Waals surface area contributed by atoms with Crippen LogP contribution in [0.3, 0.4) is 0 Å². The van der Waals surface area contributed by atoms with Gasteiger partial charge in [0.25, 0.3) is 0 Å². The van der Waals surface area contributed by atoms with Crippen molar-refractivity contribution in [1.82, 2.24) is 0 Å². The van der Waals surface area contributed by atoms with Gasteiger partial charge in [-0.1, -0.05) is 23.7 Å². The summed E-state index contributed by atoms with van der Waals surface area (Å²) in [6.07, 6.45) is 0.813. The topological polar surface area (TPSA) is 44.8 Å². The largest absolute Gasteiger partial charge is 0.493 e. The van der Waals surface area contributed by atoms with Gasteiger partial charge in [0.1, 0.15) is 6.61 Å². The summed E-state index contributed by atoms with van der Waals surface area (Å²) in [4.78, 5) is 12.8. The van der Waals surface area contributed by atoms with Crippen molar-refractivity contribution in [3.63, 3.8) is 0 Å². The van der Waals surface area contributed by atoms with Crippen LogP contribution in [0.25, 0.3) is 0 Å². The van der Waals surface area contributed by atoms with Gasteiger partial charge in [-0.2, -0.15) is 0 Å². The van der Waals surface area contributed by atoms with Gasteiger partial charge in [0.15, 0.2) is 11.5 Å². The minimum atomic E-state index is -0.255. The molecular weight excluding hydrogens is 324 g/mol. The van der Waals surface area contributed by atoms with Crippen molar-refractivity contribution in [3.05, 3.63) is 45.1 Å². The first kappa shape index (κ1) is 16.6. The number of hydrogen-bond acceptors (Lipinski definition) is 5. The van der Waals surface area contributed by atoms with Crippen LogP contribution < -0.4 is 9.47 Å². The van der Waals surface area contributed by atoms with Crippen LogP contribution in [0.15, 0.2) is 30.3 Å². The SMILES string of the molecule is COc1cccc(CCC(=O)OCc2ccc(Cl)s2)c1OC. The van der Waals surface area contributed by atoms with E-state index in [4.69, 9.17) is 25.8 Å². The number of thiophene rings is 1. The molecule has 0 aliphatic carbocycles. The lowest BCUT2D eigenvalue weighted by Crippen LogP contribution is -2.06. The van der Waals surface area contributed by atoms with Crippen LogP contribution in [0, 0.1) is 0 Å². The molecular formula is C16H17ClO4S. The van der Waals surface area contributed by atoms with Crippen LogP contribution in [0.2, 0.25) is 4.34 Å². The first-order valence-corrected chi connectivity index (χ1v) is 7.93. The second kappa shape index (κ2) is 8.06. The smallest absolute Gasteiger partial charge is 0.306 e. The predicted molar refractivity (Wildman–Crippen MR) is 87.0 cm³/mol. The maximum Gasteiger partial charge on any atom is 0.306 e. The number of benzene rings is 1. The van der Waals surface area contributed by atoms with Gasteiger partial charge in [0.2, 0.25) is 0 Å². The lowest BCUT2D eigenvalue weighted by Gasteiger charge is -2.12. The van der Waals surface area contributed by atoms with E-state index < -0.39 is 0 Å². The Labute approximate surface area is 138 Å². The Bertz CT molecular complexity index is 639. The third-order valence-electron chi connectivity index (χ3n) is 3.09. The summed E-state index contributed by atoms with van der Waals surface area (Å²) in [6, 6.07) is 9.24. The van der Waals surface area contributed by atoms with E-state index in [0.29, 0.717) is 22.3 Å². The summed E-state index contributed by atoms with van der Waals surface area (Å²) in [7, 11) is 3.17. The highest BCUT2D eigenvalue weighted by atomic mass is 35.5. The minimum absolute atomic E-state index is 0.255. The van der Waals surface area contributed by atoms with E-state index >= 15 is 0 Å². The minimum Gasteiger partial charge on any atom is -0.493 e. The molecule has 0 atom stereocenters. The van der Waals surface area contributed by atoms with Crippen molar-refractivity contribution in [1.29, 1.82) is 0 Å². The molecule has 0 spiro atoms. The summed E-state index contributed by atoms with van der Waals surface area (Å²) in [5, 5.41) is 0. The van der Waals surface area contributed by atoms with Gasteiger partial charge < -0.3 is 14.2 Å². The van der Waals surface area contributed by atoms with Crippen LogP contribution in [-0.4, -0.2) is 20.2 Å². The van der Waals surface area contributed by atoms with Crippen molar-refractivity contribution >= 4 is 28.9 Å². The molecule has 1 aromatic carbocycles. The Morgan fingerprint density at radius 3 is 2.64 bits per heavy atom. The van der Waals surface area contributed by atoms with E-state index in [-0.39, 0.29) is 19.0 Å². The molecule has 4 nitrogen and oxygen atoms in total. The van der Waals surface area contributed by atoms with Crippen molar-refractivity contribution < 1.29 is 19.0 Å². The quantitative estimate of drug-likeness (QED) is 0.712. The van der Waals surface area contributed by atoms with Crippen LogP contribution in [0.5, 0.6) is 11.5 Å². The standard InChI is InChI=1S/C16H17ClO4S/c1-19-13-5-3-4-11(16(13)20-2)6-9-15(18)21-10-12-7-8-14(17)22-12/h3-5,7-8H,6,9-10H2,1-2H3. The molecule has 0 bridgehead atoms. The van der Waals surface area contributed by atoms with E-state index in [9.17, 15) is 4.79 Å². The summed E-state index contributed by atoms with van der Waals surface area (Å²) in [5.74, 6) is 1.05. The third kappa shape index (κ3) is 4.39. The van der Waals surface area contributed by atoms with Gasteiger partial charge >= 0.3 is 5.97 Å². The zero-order valence-corrected chi connectivity index (χ0v) is 14.0. The number of aryl methyl sites for hydroxylation is 1. The molecule has 118 valence electrons. The average Bonchev–Trinajstić information content (AvgIpc) is 2.95. The molecule has 0 N–H and O–H groups in total. The zero-order chi connectivity index (χ0) is 15.9. The predicted octanol–water partition coefficient (Wildman–Crippen LogP) is 4.09. The monoisotopic (exact) mass is 340 g/mol. The number of rotatable bonds is 7. The van der Waals surface area contributed by atoms with Crippen molar-refractivity contribution in [3.8, 4) is 11.5 Å². The molecule has 0 saturated carbocycles. The molecule has 2 aromatic rings. The van der Waals surface area contributed by atoms with Crippen LogP contribution in [-0.2, 0) is 22.6 Å². The summed E-state index contributed by atoms with van der Waals surface area (Å²) >= 11 is 7.24. The number of hydrogen-bond donors (Lipinski definition) is 0. The average molecular weight is 341 g/mol. The maximum absolute atomic E-state index is 11.8. The lowest BCUT2D eigenvalue weighted by molar-refractivity contribution is -0.144. The summed E-state index contributed by atoms with van der Waals surface area (Å²) in [6.45, 7) is 0.255. The summed E-state index contributed by atoms with van der Waals surface area (Å²) < 4.78 is 16.5. The zero-order valence-electron chi connectivity index (χ0n) is 12.4. The van der Waals surface area contributed by atoms with Crippen molar-refractivity contribution in [2.75, 3.05) is 14.2 Å². The molecule has 0 radical (unpaired) electrons. The molecule has 1 heterocycles. The molecule has 0 saturated heterocycles. The third-order valence-corrected chi connectivity index (χ3v) is 4.29. The van der Waals surface area contributed by atoms with Crippen LogP contribution in [0.4, 0.5) is 0 Å². The fraction of sp³-hybridized carbons (Fsp3) is 0.312. The van der Waals surface area contributed by atoms with Gasteiger partial charge in [-0.3, -0.25) is 4.79 Å². The first-order chi connectivity index (χ1) is 10.6. The van der Waals surface area contributed by atoms with Crippen LogP contribution in [0.1, 0.15) is 16.9 Å². The Balaban J connectivity index is 1.88. The molecule has 0 aliphatic rings. The molecule has 0 fully saturated rings. The number of ether oxygens (including phenoxy) is 3. The molecule has 1 aromatic heterocycles. The second-order valence-corrected chi connectivity index (χ2v) is 6.32. The van der Waals surface area contributed by atoms with Crippen molar-refractivity contribution in [2.45, 2.75) is 19.4 Å². The number of esters is 1. The number of carbonyl (C=O) groups is 1. The Morgan fingerprint density at radius 2 is 2.00 bits per heavy atom. The van der Waals surface area contributed by atoms with Crippen LogP contribution >= 0.6 is 22.9 Å². The number of methoxy groups -OCH3 is 2. The molecule has 0 aliphatic heterocycles. The number of carbonyl (C=O) groups excluding carboxylic acids is 1. The second-order valence-electron chi connectivity index (χ2n) is 4.52. The maximum atomic E-state index is 11.8. The molecule has 2 rings (SSSR count). The Kier molecular flexibility index (Phi) is 6.10. The van der Waals surface area contributed by atoms with E-state index in [1.54, 1.807) is 20.3 Å². The number of para-hydroxylation sites is 1. The Morgan fingerprint density at radius 1 is 1.18 bits per heavy atom. The van der Waals surface area contributed by atoms with Gasteiger partial charge in [0.05, 0.1) is 18.6 Å². The van der Waals surface area contributed by atoms with Gasteiger partial charge in [-0.05, 0) is 30.2 Å². The highest BCUT2D eigenvalue weighted by Crippen LogP contribution is 2.31. The first-order valence-electron chi connectivity index (χ1n) is 6.73. The lowest BCUT2D eigenvalue weighted by atomic mass is 10.1. The van der Waals surface area contributed by atoms with E-state index in [1.165, 1.54) is 11.3 Å². The van der Waals surface area contributed by atoms with Gasteiger partial charge in [-0.15, -0.1) is 11.3 Å². The highest BCUT2D eigenvalue weighted by Gasteiger charge is 2.12. The highest BCUT2D eigenvalue weighted by molar-refractivity contribution is 7.16. The number of halogens is 1. The fourth-order valence-electron chi connectivity index (χ4n) is 2.04. The van der Waals surface area contributed by atoms with Crippen molar-refractivity contribution in [2.24, 2.45) is 0 Å². The van der Waals surface area contributed by atoms with E-state index in [2.05, 4.69) is 0 Å². The molecule has 0 amide bonds. The molecule has 0 unspecified atom stereocenters. The normalized spacial score (nSPS) is 10.3.